The molecule has 9 heteroatoms. The Morgan fingerprint density at radius 2 is 1.09 bits per heavy atom. The van der Waals surface area contributed by atoms with E-state index in [0.29, 0.717) is 0 Å². The van der Waals surface area contributed by atoms with Crippen molar-refractivity contribution in [3.63, 3.8) is 0 Å². The van der Waals surface area contributed by atoms with Crippen LogP contribution in [0.2, 0.25) is 0 Å². The van der Waals surface area contributed by atoms with Gasteiger partial charge in [-0.05, 0) is 12.8 Å². The number of carbonyl (C=O) groups is 2. The van der Waals surface area contributed by atoms with Crippen LogP contribution in [0.15, 0.2) is 60.7 Å². The molecule has 2 aromatic carbocycles. The van der Waals surface area contributed by atoms with Gasteiger partial charge in [-0.2, -0.15) is 24.3 Å². The Morgan fingerprint density at radius 3 is 1.33 bits per heavy atom. The Balaban J connectivity index is 0.000000608. The van der Waals surface area contributed by atoms with Gasteiger partial charge in [0.15, 0.2) is 0 Å². The summed E-state index contributed by atoms with van der Waals surface area (Å²) in [6.07, 6.45) is 21.5. The van der Waals surface area contributed by atoms with E-state index in [1.165, 1.54) is 12.1 Å². The summed E-state index contributed by atoms with van der Waals surface area (Å²) in [5, 5.41) is 5.18. The Bertz CT molecular complexity index is 1130. The van der Waals surface area contributed by atoms with Crippen molar-refractivity contribution < 1.29 is 48.9 Å². The van der Waals surface area contributed by atoms with E-state index in [9.17, 15) is 27.2 Å². The van der Waals surface area contributed by atoms with Gasteiger partial charge in [-0.1, -0.05) is 27.7 Å². The Labute approximate surface area is 268 Å². The van der Waals surface area contributed by atoms with Gasteiger partial charge < -0.3 is 10.6 Å². The van der Waals surface area contributed by atoms with Gasteiger partial charge in [-0.25, -0.2) is 41.9 Å². The van der Waals surface area contributed by atoms with E-state index in [2.05, 4.69) is 34.9 Å². The molecule has 0 spiro atoms. The molecule has 0 aliphatic heterocycles. The minimum absolute atomic E-state index is 0. The first-order valence-electron chi connectivity index (χ1n) is 13.8. The van der Waals surface area contributed by atoms with E-state index in [1.807, 2.05) is 50.3 Å². The molecule has 2 atom stereocenters. The minimum Gasteiger partial charge on any atom is -0.363 e. The zero-order valence-corrected chi connectivity index (χ0v) is 26.6. The summed E-state index contributed by atoms with van der Waals surface area (Å²) in [6, 6.07) is 8.69. The summed E-state index contributed by atoms with van der Waals surface area (Å²) >= 11 is 0. The van der Waals surface area contributed by atoms with Crippen LogP contribution in [0.1, 0.15) is 64.5 Å². The molecule has 0 heterocycles. The molecule has 2 aliphatic rings. The molecule has 0 aromatic heterocycles. The fourth-order valence-electron chi connectivity index (χ4n) is 2.98. The fraction of sp³-hybridized carbons (Fsp3) is 0.353. The summed E-state index contributed by atoms with van der Waals surface area (Å²) < 4.78 is 51.4. The molecule has 0 fully saturated rings. The number of carbonyl (C=O) groups excluding carboxylic acids is 2. The molecule has 228 valence electrons. The van der Waals surface area contributed by atoms with Crippen molar-refractivity contribution in [3.05, 3.63) is 119 Å². The number of amides is 2. The largest absolute Gasteiger partial charge is 4.00 e. The average molecular weight is 631 g/mol. The van der Waals surface area contributed by atoms with Crippen LogP contribution in [0.5, 0.6) is 0 Å². The van der Waals surface area contributed by atoms with Crippen LogP contribution in [0.4, 0.5) is 17.6 Å². The van der Waals surface area contributed by atoms with Crippen LogP contribution >= 0.6 is 0 Å². The van der Waals surface area contributed by atoms with Gasteiger partial charge in [-0.15, -0.1) is 48.2 Å². The predicted molar refractivity (Wildman–Crippen MR) is 156 cm³/mol. The summed E-state index contributed by atoms with van der Waals surface area (Å²) in [7, 11) is 0. The van der Waals surface area contributed by atoms with Crippen LogP contribution in [0, 0.1) is 59.4 Å². The number of hydrogen-bond donors (Lipinski definition) is 2. The molecule has 0 bridgehead atoms. The number of allylic oxidation sites excluding steroid dienone is 8. The monoisotopic (exact) mass is 630 g/mol. The molecule has 0 radical (unpaired) electrons. The topological polar surface area (TPSA) is 58.2 Å². The normalized spacial score (nSPS) is 13.2. The zero-order chi connectivity index (χ0) is 31.3. The van der Waals surface area contributed by atoms with Crippen molar-refractivity contribution in [3.8, 4) is 0 Å². The van der Waals surface area contributed by atoms with Gasteiger partial charge >= 0.3 is 21.7 Å². The van der Waals surface area contributed by atoms with Crippen molar-refractivity contribution >= 4 is 11.8 Å². The molecule has 2 amide bonds. The van der Waals surface area contributed by atoms with Crippen LogP contribution in [0.25, 0.3) is 0 Å². The molecule has 2 unspecified atom stereocenters. The second-order valence-electron chi connectivity index (χ2n) is 9.35. The third kappa shape index (κ3) is 17.5. The summed E-state index contributed by atoms with van der Waals surface area (Å²) in [5.41, 5.74) is 0.469. The van der Waals surface area contributed by atoms with Crippen molar-refractivity contribution in [2.45, 2.75) is 66.5 Å². The molecule has 2 aliphatic carbocycles. The average Bonchev–Trinajstić information content (AvgIpc) is 3.75. The SMILES string of the molecule is CCC(C)C(=O)NCc1ccc(F)[c-]c1F.CCC(C)C(=O)NCc1ccc(F)[c-]c1F.[C-]1=CC=CC1.[C-]1=CC=CC1.[Ti+4]. The number of hydrogen-bond acceptors (Lipinski definition) is 2. The number of nitrogens with one attached hydrogen (secondary N) is 2. The zero-order valence-electron chi connectivity index (χ0n) is 25.0. The second-order valence-corrected chi connectivity index (χ2v) is 9.35. The van der Waals surface area contributed by atoms with Crippen LogP contribution in [-0.4, -0.2) is 11.8 Å². The third-order valence-corrected chi connectivity index (χ3v) is 6.08. The molecule has 0 saturated carbocycles. The molecule has 2 N–H and O–H groups in total. The molecule has 2 aromatic rings. The van der Waals surface area contributed by atoms with E-state index in [1.54, 1.807) is 13.8 Å². The summed E-state index contributed by atoms with van der Waals surface area (Å²) in [5.74, 6) is -3.48. The number of benzene rings is 2. The van der Waals surface area contributed by atoms with Crippen LogP contribution < -0.4 is 10.6 Å². The quantitative estimate of drug-likeness (QED) is 0.181. The van der Waals surface area contributed by atoms with Gasteiger partial charge in [0.2, 0.25) is 11.8 Å². The van der Waals surface area contributed by atoms with E-state index in [-0.39, 0.29) is 69.6 Å². The minimum atomic E-state index is -0.760. The first kappa shape index (κ1) is 39.8. The van der Waals surface area contributed by atoms with Gasteiger partial charge in [0, 0.05) is 48.2 Å². The maximum Gasteiger partial charge on any atom is 4.00 e. The van der Waals surface area contributed by atoms with Crippen molar-refractivity contribution in [1.29, 1.82) is 0 Å². The number of rotatable bonds is 8. The second kappa shape index (κ2) is 23.3. The van der Waals surface area contributed by atoms with Gasteiger partial charge in [0.1, 0.15) is 0 Å². The van der Waals surface area contributed by atoms with E-state index in [4.69, 9.17) is 0 Å². The standard InChI is InChI=1S/2C12H14F2NO.2C5H5.Ti/c2*1-3-8(2)12(16)15-7-9-4-5-10(13)6-11(9)14;2*1-2-4-5-3-1;/h2*4-5,8H,3,7H2,1-2H3,(H,15,16);2*1-3H,4H2;/q4*-1;+4. The first-order chi connectivity index (χ1) is 20.1. The molecule has 0 saturated heterocycles. The van der Waals surface area contributed by atoms with E-state index in [0.717, 1.165) is 37.8 Å². The smallest absolute Gasteiger partial charge is 0.363 e. The van der Waals surface area contributed by atoms with E-state index < -0.39 is 23.3 Å². The van der Waals surface area contributed by atoms with Crippen LogP contribution in [0.3, 0.4) is 0 Å². The molecular formula is C34H38F4N2O2Ti. The van der Waals surface area contributed by atoms with Gasteiger partial charge in [-0.3, -0.25) is 21.7 Å². The van der Waals surface area contributed by atoms with Gasteiger partial charge in [0.05, 0.1) is 0 Å². The Morgan fingerprint density at radius 1 is 0.721 bits per heavy atom. The van der Waals surface area contributed by atoms with Crippen molar-refractivity contribution in [2.75, 3.05) is 0 Å². The first-order valence-corrected chi connectivity index (χ1v) is 13.8. The fourth-order valence-corrected chi connectivity index (χ4v) is 2.98. The van der Waals surface area contributed by atoms with Gasteiger partial charge in [0.25, 0.3) is 0 Å². The van der Waals surface area contributed by atoms with Crippen LogP contribution in [-0.2, 0) is 44.4 Å². The van der Waals surface area contributed by atoms with Crippen molar-refractivity contribution in [1.82, 2.24) is 10.6 Å². The molecule has 4 rings (SSSR count). The summed E-state index contributed by atoms with van der Waals surface area (Å²) in [4.78, 5) is 22.8. The maximum absolute atomic E-state index is 13.1. The molecular weight excluding hydrogens is 592 g/mol. The third-order valence-electron chi connectivity index (χ3n) is 6.08. The Hall–Kier alpha value is -3.23. The predicted octanol–water partition coefficient (Wildman–Crippen LogP) is 7.46. The number of halogens is 4. The molecule has 4 nitrogen and oxygen atoms in total. The maximum atomic E-state index is 13.1. The Kier molecular flexibility index (Phi) is 21.5. The van der Waals surface area contributed by atoms with Crippen molar-refractivity contribution in [2.24, 2.45) is 11.8 Å². The molecule has 43 heavy (non-hydrogen) atoms. The summed E-state index contributed by atoms with van der Waals surface area (Å²) in [6.45, 7) is 7.51. The van der Waals surface area contributed by atoms with E-state index >= 15 is 0 Å².